The van der Waals surface area contributed by atoms with Crippen molar-refractivity contribution < 1.29 is 9.21 Å². The van der Waals surface area contributed by atoms with Gasteiger partial charge in [-0.3, -0.25) is 4.79 Å². The molecule has 5 heteroatoms. The lowest BCUT2D eigenvalue weighted by Gasteiger charge is -2.21. The van der Waals surface area contributed by atoms with E-state index in [1.165, 1.54) is 0 Å². The summed E-state index contributed by atoms with van der Waals surface area (Å²) in [5.41, 5.74) is 1.86. The fourth-order valence-corrected chi connectivity index (χ4v) is 2.44. The number of likely N-dealkylation sites (N-methyl/N-ethyl adjacent to an activating group) is 1. The zero-order chi connectivity index (χ0) is 14.8. The molecule has 0 saturated heterocycles. The number of fused-ring (bicyclic) bond motifs is 1. The van der Waals surface area contributed by atoms with Crippen LogP contribution in [0.2, 0.25) is 0 Å². The molecule has 0 radical (unpaired) electrons. The second-order valence-corrected chi connectivity index (χ2v) is 5.09. The number of hydrogen-bond donors (Lipinski definition) is 0. The van der Waals surface area contributed by atoms with Crippen LogP contribution in [-0.4, -0.2) is 27.4 Å². The Morgan fingerprint density at radius 2 is 2.14 bits per heavy atom. The lowest BCUT2D eigenvalue weighted by atomic mass is 10.2. The van der Waals surface area contributed by atoms with Gasteiger partial charge in [-0.1, -0.05) is 12.1 Å². The van der Waals surface area contributed by atoms with E-state index >= 15 is 0 Å². The Morgan fingerprint density at radius 3 is 2.90 bits per heavy atom. The Hall–Kier alpha value is -2.56. The SMILES string of the molecule is CC(C(=O)N(C)Cc1ccco1)n1cnc2ccccc21. The van der Waals surface area contributed by atoms with Gasteiger partial charge < -0.3 is 13.9 Å². The first kappa shape index (κ1) is 13.4. The van der Waals surface area contributed by atoms with Crippen molar-refractivity contribution >= 4 is 16.9 Å². The predicted molar refractivity (Wildman–Crippen MR) is 79.6 cm³/mol. The predicted octanol–water partition coefficient (Wildman–Crippen LogP) is 2.85. The second kappa shape index (κ2) is 5.44. The zero-order valence-corrected chi connectivity index (χ0v) is 12.1. The summed E-state index contributed by atoms with van der Waals surface area (Å²) in [6.45, 7) is 2.35. The number of nitrogens with zero attached hydrogens (tertiary/aromatic N) is 3. The minimum atomic E-state index is -0.308. The fourth-order valence-electron chi connectivity index (χ4n) is 2.44. The Labute approximate surface area is 122 Å². The molecule has 5 nitrogen and oxygen atoms in total. The molecule has 3 rings (SSSR count). The maximum Gasteiger partial charge on any atom is 0.245 e. The molecule has 0 saturated carbocycles. The molecular weight excluding hydrogens is 266 g/mol. The van der Waals surface area contributed by atoms with E-state index in [0.29, 0.717) is 6.54 Å². The monoisotopic (exact) mass is 283 g/mol. The Bertz CT molecular complexity index is 746. The van der Waals surface area contributed by atoms with Crippen molar-refractivity contribution in [2.45, 2.75) is 19.5 Å². The van der Waals surface area contributed by atoms with E-state index in [1.807, 2.05) is 47.9 Å². The maximum absolute atomic E-state index is 12.5. The molecule has 0 bridgehead atoms. The highest BCUT2D eigenvalue weighted by molar-refractivity contribution is 5.83. The number of furan rings is 1. The summed E-state index contributed by atoms with van der Waals surface area (Å²) < 4.78 is 7.18. The van der Waals surface area contributed by atoms with Crippen LogP contribution in [0.4, 0.5) is 0 Å². The van der Waals surface area contributed by atoms with Crippen LogP contribution in [0.15, 0.2) is 53.4 Å². The topological polar surface area (TPSA) is 51.3 Å². The van der Waals surface area contributed by atoms with Crippen molar-refractivity contribution in [2.24, 2.45) is 0 Å². The Kier molecular flexibility index (Phi) is 3.48. The molecule has 0 N–H and O–H groups in total. The normalized spacial score (nSPS) is 12.5. The molecule has 0 fully saturated rings. The van der Waals surface area contributed by atoms with E-state index < -0.39 is 0 Å². The summed E-state index contributed by atoms with van der Waals surface area (Å²) in [7, 11) is 1.78. The first-order valence-electron chi connectivity index (χ1n) is 6.86. The van der Waals surface area contributed by atoms with E-state index in [4.69, 9.17) is 4.42 Å². The van der Waals surface area contributed by atoms with Crippen molar-refractivity contribution in [1.82, 2.24) is 14.5 Å². The van der Waals surface area contributed by atoms with Crippen LogP contribution in [0.1, 0.15) is 18.7 Å². The molecule has 1 atom stereocenters. The van der Waals surface area contributed by atoms with E-state index in [9.17, 15) is 4.79 Å². The van der Waals surface area contributed by atoms with Gasteiger partial charge in [0.05, 0.1) is 30.2 Å². The first-order chi connectivity index (χ1) is 10.2. The van der Waals surface area contributed by atoms with Crippen LogP contribution in [0.25, 0.3) is 11.0 Å². The van der Waals surface area contributed by atoms with Gasteiger partial charge in [0.2, 0.25) is 5.91 Å². The number of benzene rings is 1. The molecule has 0 aliphatic carbocycles. The highest BCUT2D eigenvalue weighted by Gasteiger charge is 2.21. The van der Waals surface area contributed by atoms with Crippen LogP contribution in [0, 0.1) is 0 Å². The molecule has 3 aromatic rings. The van der Waals surface area contributed by atoms with Crippen LogP contribution < -0.4 is 0 Å². The molecule has 0 aliphatic heterocycles. The smallest absolute Gasteiger partial charge is 0.245 e. The third-order valence-corrected chi connectivity index (χ3v) is 3.61. The number of amides is 1. The lowest BCUT2D eigenvalue weighted by molar-refractivity contribution is -0.133. The molecule has 0 aliphatic rings. The van der Waals surface area contributed by atoms with Crippen LogP contribution in [0.3, 0.4) is 0 Å². The highest BCUT2D eigenvalue weighted by atomic mass is 16.3. The first-order valence-corrected chi connectivity index (χ1v) is 6.86. The summed E-state index contributed by atoms with van der Waals surface area (Å²) >= 11 is 0. The summed E-state index contributed by atoms with van der Waals surface area (Å²) in [5.74, 6) is 0.795. The van der Waals surface area contributed by atoms with Crippen molar-refractivity contribution in [3.05, 3.63) is 54.7 Å². The number of hydrogen-bond acceptors (Lipinski definition) is 3. The van der Waals surface area contributed by atoms with Gasteiger partial charge in [0.15, 0.2) is 0 Å². The second-order valence-electron chi connectivity index (χ2n) is 5.09. The van der Waals surface area contributed by atoms with Crippen LogP contribution >= 0.6 is 0 Å². The third kappa shape index (κ3) is 2.54. The third-order valence-electron chi connectivity index (χ3n) is 3.61. The van der Waals surface area contributed by atoms with E-state index in [-0.39, 0.29) is 11.9 Å². The quantitative estimate of drug-likeness (QED) is 0.740. The minimum absolute atomic E-state index is 0.0227. The molecule has 1 amide bonds. The van der Waals surface area contributed by atoms with E-state index in [1.54, 1.807) is 24.5 Å². The van der Waals surface area contributed by atoms with Gasteiger partial charge in [-0.2, -0.15) is 0 Å². The summed E-state index contributed by atoms with van der Waals surface area (Å²) in [4.78, 5) is 18.5. The van der Waals surface area contributed by atoms with Crippen molar-refractivity contribution in [3.8, 4) is 0 Å². The maximum atomic E-state index is 12.5. The van der Waals surface area contributed by atoms with Gasteiger partial charge in [-0.05, 0) is 31.2 Å². The number of carbonyl (C=O) groups excluding carboxylic acids is 1. The van der Waals surface area contributed by atoms with Crippen molar-refractivity contribution in [3.63, 3.8) is 0 Å². The van der Waals surface area contributed by atoms with Crippen molar-refractivity contribution in [2.75, 3.05) is 7.05 Å². The average molecular weight is 283 g/mol. The summed E-state index contributed by atoms with van der Waals surface area (Å²) in [6.07, 6.45) is 3.33. The molecule has 21 heavy (non-hydrogen) atoms. The van der Waals surface area contributed by atoms with E-state index in [0.717, 1.165) is 16.8 Å². The fraction of sp³-hybridized carbons (Fsp3) is 0.250. The van der Waals surface area contributed by atoms with Gasteiger partial charge >= 0.3 is 0 Å². The summed E-state index contributed by atoms with van der Waals surface area (Å²) in [5, 5.41) is 0. The number of aromatic nitrogens is 2. The van der Waals surface area contributed by atoms with Gasteiger partial charge in [-0.25, -0.2) is 4.98 Å². The number of rotatable bonds is 4. The van der Waals surface area contributed by atoms with Gasteiger partial charge in [0, 0.05) is 7.05 Å². The van der Waals surface area contributed by atoms with Gasteiger partial charge in [0.25, 0.3) is 0 Å². The highest BCUT2D eigenvalue weighted by Crippen LogP contribution is 2.19. The molecule has 0 spiro atoms. The minimum Gasteiger partial charge on any atom is -0.467 e. The molecular formula is C16H17N3O2. The molecule has 108 valence electrons. The Balaban J connectivity index is 1.80. The summed E-state index contributed by atoms with van der Waals surface area (Å²) in [6, 6.07) is 11.2. The molecule has 2 aromatic heterocycles. The molecule has 1 aromatic carbocycles. The van der Waals surface area contributed by atoms with Gasteiger partial charge in [0.1, 0.15) is 11.8 Å². The van der Waals surface area contributed by atoms with E-state index in [2.05, 4.69) is 4.98 Å². The Morgan fingerprint density at radius 1 is 1.33 bits per heavy atom. The number of carbonyl (C=O) groups is 1. The zero-order valence-electron chi connectivity index (χ0n) is 12.1. The van der Waals surface area contributed by atoms with Crippen LogP contribution in [-0.2, 0) is 11.3 Å². The van der Waals surface area contributed by atoms with Crippen LogP contribution in [0.5, 0.6) is 0 Å². The molecule has 2 heterocycles. The van der Waals surface area contributed by atoms with Crippen molar-refractivity contribution in [1.29, 1.82) is 0 Å². The number of para-hydroxylation sites is 2. The van der Waals surface area contributed by atoms with Gasteiger partial charge in [-0.15, -0.1) is 0 Å². The standard InChI is InChI=1S/C16H17N3O2/c1-12(16(20)18(2)10-13-6-5-9-21-13)19-11-17-14-7-3-4-8-15(14)19/h3-9,11-12H,10H2,1-2H3. The average Bonchev–Trinajstić information content (AvgIpc) is 3.14. The lowest BCUT2D eigenvalue weighted by Crippen LogP contribution is -2.32. The largest absolute Gasteiger partial charge is 0.467 e. The number of imidazole rings is 1. The molecule has 1 unspecified atom stereocenters.